The first-order chi connectivity index (χ1) is 2.83. The molecule has 0 unspecified atom stereocenters. The van der Waals surface area contributed by atoms with Gasteiger partial charge in [-0.05, 0) is 6.92 Å². The van der Waals surface area contributed by atoms with E-state index in [0.29, 0.717) is 12.7 Å². The van der Waals surface area contributed by atoms with Crippen LogP contribution < -0.4 is 0 Å². The standard InChI is InChI=1S/C2H6O.2ClH.Ni.6H2O/c1-2-3;;;;;;;;;/h3H,2H2,1H3;2*1H;;6*1H2/q;;;+2;;;;;;/p-2. The molecule has 0 radical (unpaired) electrons. The SMILES string of the molecule is CCO.O.O.O.O.O.O.[Cl][Ni][Cl]. The Hall–Kier alpha value is 0.794. The maximum atomic E-state index is 7.57. The van der Waals surface area contributed by atoms with E-state index in [4.69, 9.17) is 25.5 Å². The molecule has 0 saturated heterocycles. The molecule has 0 atom stereocenters. The summed E-state index contributed by atoms with van der Waals surface area (Å²) in [5, 5.41) is 7.57. The summed E-state index contributed by atoms with van der Waals surface area (Å²) >= 11 is 0.569. The van der Waals surface area contributed by atoms with Crippen LogP contribution in [0.25, 0.3) is 0 Å². The summed E-state index contributed by atoms with van der Waals surface area (Å²) in [7, 11) is 9.40. The summed E-state index contributed by atoms with van der Waals surface area (Å²) in [6.45, 7) is 1.93. The molecule has 13 N–H and O–H groups in total. The summed E-state index contributed by atoms with van der Waals surface area (Å²) < 4.78 is 0. The Balaban J connectivity index is -0.00000000296. The van der Waals surface area contributed by atoms with E-state index < -0.39 is 0 Å². The Morgan fingerprint density at radius 1 is 0.917 bits per heavy atom. The van der Waals surface area contributed by atoms with Gasteiger partial charge in [0.1, 0.15) is 0 Å². The minimum atomic E-state index is 0. The third-order valence-corrected chi connectivity index (χ3v) is 0. The summed E-state index contributed by atoms with van der Waals surface area (Å²) in [5.74, 6) is 0. The average Bonchev–Trinajstić information content (AvgIpc) is 1.39. The van der Waals surface area contributed by atoms with Crippen molar-refractivity contribution >= 4 is 20.4 Å². The Kier molecular flexibility index (Phi) is 1140. The second-order valence-corrected chi connectivity index (χ2v) is 1.99. The molecule has 0 spiro atoms. The molecule has 0 rings (SSSR count). The molecule has 12 heavy (non-hydrogen) atoms. The molecule has 0 aliphatic rings. The average molecular weight is 284 g/mol. The molecular weight excluding hydrogens is 266 g/mol. The van der Waals surface area contributed by atoms with Gasteiger partial charge in [-0.3, -0.25) is 0 Å². The van der Waals surface area contributed by atoms with Crippen molar-refractivity contribution in [1.82, 2.24) is 0 Å². The van der Waals surface area contributed by atoms with Gasteiger partial charge in [0.05, 0.1) is 0 Å². The van der Waals surface area contributed by atoms with E-state index in [9.17, 15) is 0 Å². The number of hydrogen-bond donors (Lipinski definition) is 1. The molecule has 10 heteroatoms. The van der Waals surface area contributed by atoms with Crippen molar-refractivity contribution in [2.45, 2.75) is 6.92 Å². The second-order valence-electron chi connectivity index (χ2n) is 0.361. The topological polar surface area (TPSA) is 209 Å². The van der Waals surface area contributed by atoms with Gasteiger partial charge in [0.25, 0.3) is 0 Å². The van der Waals surface area contributed by atoms with Gasteiger partial charge in [0.15, 0.2) is 0 Å². The van der Waals surface area contributed by atoms with Gasteiger partial charge in [-0.25, -0.2) is 0 Å². The third kappa shape index (κ3) is 1640. The fourth-order valence-corrected chi connectivity index (χ4v) is 0. The van der Waals surface area contributed by atoms with Crippen molar-refractivity contribution < 1.29 is 50.6 Å². The van der Waals surface area contributed by atoms with E-state index in [1.807, 2.05) is 0 Å². The van der Waals surface area contributed by atoms with Crippen LogP contribution in [-0.2, 0) is 12.7 Å². The first-order valence-electron chi connectivity index (χ1n) is 1.26. The van der Waals surface area contributed by atoms with E-state index in [1.54, 1.807) is 6.92 Å². The number of aliphatic hydroxyl groups excluding tert-OH is 1. The first kappa shape index (κ1) is 77.4. The zero-order valence-electron chi connectivity index (χ0n) is 6.23. The Morgan fingerprint density at radius 2 is 0.917 bits per heavy atom. The van der Waals surface area contributed by atoms with Gasteiger partial charge < -0.3 is 38.0 Å². The summed E-state index contributed by atoms with van der Waals surface area (Å²) in [6, 6.07) is 0. The normalized spacial score (nSPS) is 3.33. The van der Waals surface area contributed by atoms with E-state index in [-0.39, 0.29) is 39.5 Å². The molecule has 0 aromatic heterocycles. The van der Waals surface area contributed by atoms with Crippen LogP contribution >= 0.6 is 20.4 Å². The van der Waals surface area contributed by atoms with Gasteiger partial charge in [-0.15, -0.1) is 0 Å². The van der Waals surface area contributed by atoms with Gasteiger partial charge in [-0.2, -0.15) is 0 Å². The predicted octanol–water partition coefficient (Wildman–Crippen LogP) is -3.57. The van der Waals surface area contributed by atoms with E-state index in [1.165, 1.54) is 0 Å². The van der Waals surface area contributed by atoms with Crippen LogP contribution in [-0.4, -0.2) is 44.6 Å². The molecule has 0 bridgehead atoms. The van der Waals surface area contributed by atoms with Crippen LogP contribution in [0, 0.1) is 0 Å². The Bertz CT molecular complexity index is 21.4. The fraction of sp³-hybridized carbons (Fsp3) is 1.00. The minimum absolute atomic E-state index is 0. The zero-order chi connectivity index (χ0) is 5.41. The van der Waals surface area contributed by atoms with Gasteiger partial charge in [0.2, 0.25) is 0 Å². The molecule has 0 aromatic rings. The molecule has 0 aromatic carbocycles. The fourth-order valence-electron chi connectivity index (χ4n) is 0. The maximum absolute atomic E-state index is 7.57. The number of hydrogen-bond acceptors (Lipinski definition) is 1. The van der Waals surface area contributed by atoms with Crippen LogP contribution in [0.1, 0.15) is 6.92 Å². The number of halogens is 2. The molecule has 0 fully saturated rings. The third-order valence-electron chi connectivity index (χ3n) is 0. The van der Waals surface area contributed by atoms with Crippen molar-refractivity contribution in [3.63, 3.8) is 0 Å². The van der Waals surface area contributed by atoms with Crippen LogP contribution in [0.4, 0.5) is 0 Å². The summed E-state index contributed by atoms with van der Waals surface area (Å²) in [5.41, 5.74) is 0. The number of aliphatic hydroxyl groups is 1. The van der Waals surface area contributed by atoms with Crippen LogP contribution in [0.15, 0.2) is 0 Å². The van der Waals surface area contributed by atoms with E-state index >= 15 is 0 Å². The quantitative estimate of drug-likeness (QED) is 0.439. The van der Waals surface area contributed by atoms with Crippen molar-refractivity contribution in [2.24, 2.45) is 0 Å². The molecular formula is C2H18Cl2NiO7. The Labute approximate surface area is 84.9 Å². The monoisotopic (exact) mass is 282 g/mol. The molecule has 0 saturated carbocycles. The second kappa shape index (κ2) is 176. The van der Waals surface area contributed by atoms with Crippen molar-refractivity contribution in [2.75, 3.05) is 6.61 Å². The van der Waals surface area contributed by atoms with Gasteiger partial charge in [0, 0.05) is 6.61 Å². The predicted molar refractivity (Wildman–Crippen MR) is 46.1 cm³/mol. The molecule has 0 aliphatic heterocycles. The van der Waals surface area contributed by atoms with Gasteiger partial charge >= 0.3 is 33.0 Å². The molecule has 0 amide bonds. The Morgan fingerprint density at radius 3 is 0.917 bits per heavy atom. The van der Waals surface area contributed by atoms with E-state index in [0.717, 1.165) is 0 Å². The zero-order valence-corrected chi connectivity index (χ0v) is 8.73. The molecule has 0 heterocycles. The summed E-state index contributed by atoms with van der Waals surface area (Å²) in [4.78, 5) is 0. The summed E-state index contributed by atoms with van der Waals surface area (Å²) in [6.07, 6.45) is 0. The van der Waals surface area contributed by atoms with E-state index in [2.05, 4.69) is 0 Å². The molecule has 92 valence electrons. The van der Waals surface area contributed by atoms with Crippen molar-refractivity contribution in [3.05, 3.63) is 0 Å². The molecule has 0 aliphatic carbocycles. The van der Waals surface area contributed by atoms with Crippen LogP contribution in [0.5, 0.6) is 0 Å². The van der Waals surface area contributed by atoms with Crippen molar-refractivity contribution in [1.29, 1.82) is 0 Å². The first-order valence-corrected chi connectivity index (χ1v) is 3.98. The number of rotatable bonds is 0. The van der Waals surface area contributed by atoms with Crippen LogP contribution in [0.2, 0.25) is 0 Å². The molecule has 7 nitrogen and oxygen atoms in total. The van der Waals surface area contributed by atoms with Gasteiger partial charge in [-0.1, -0.05) is 0 Å². The van der Waals surface area contributed by atoms with Crippen LogP contribution in [0.3, 0.4) is 0 Å². The van der Waals surface area contributed by atoms with Crippen molar-refractivity contribution in [3.8, 4) is 0 Å².